The van der Waals surface area contributed by atoms with E-state index >= 15 is 0 Å². The molecular weight excluding hydrogens is 348 g/mol. The standard InChI is InChI=1S/C19H28N2O4Si/c1-24-17-8-6-5-7-15(17)16-13-20-18(9-10-19(22)23)21(16)14-25-11-12-26(2,3)4/h5-8,13H,9-12,14H2,1-4H3,(H,22,23). The first kappa shape index (κ1) is 20.2. The van der Waals surface area contributed by atoms with Gasteiger partial charge in [-0.25, -0.2) is 4.98 Å². The first-order valence-electron chi connectivity index (χ1n) is 8.79. The Morgan fingerprint density at radius 3 is 2.65 bits per heavy atom. The van der Waals surface area contributed by atoms with Gasteiger partial charge in [0.15, 0.2) is 0 Å². The molecule has 0 saturated heterocycles. The molecule has 0 saturated carbocycles. The van der Waals surface area contributed by atoms with Crippen molar-refractivity contribution in [2.75, 3.05) is 13.7 Å². The van der Waals surface area contributed by atoms with E-state index in [2.05, 4.69) is 24.6 Å². The molecule has 0 atom stereocenters. The van der Waals surface area contributed by atoms with Gasteiger partial charge in [0.2, 0.25) is 0 Å². The van der Waals surface area contributed by atoms with E-state index in [0.29, 0.717) is 25.6 Å². The van der Waals surface area contributed by atoms with Crippen LogP contribution in [0.1, 0.15) is 12.2 Å². The van der Waals surface area contributed by atoms with Crippen molar-refractivity contribution < 1.29 is 19.4 Å². The van der Waals surface area contributed by atoms with Crippen LogP contribution in [0.3, 0.4) is 0 Å². The molecule has 2 aromatic rings. The van der Waals surface area contributed by atoms with Crippen LogP contribution in [-0.2, 0) is 22.7 Å². The van der Waals surface area contributed by atoms with Crippen LogP contribution >= 0.6 is 0 Å². The molecule has 0 bridgehead atoms. The van der Waals surface area contributed by atoms with E-state index < -0.39 is 14.0 Å². The zero-order valence-corrected chi connectivity index (χ0v) is 17.0. The number of carboxylic acid groups (broad SMARTS) is 1. The van der Waals surface area contributed by atoms with Crippen LogP contribution in [0, 0.1) is 0 Å². The number of aryl methyl sites for hydroxylation is 1. The second kappa shape index (κ2) is 9.00. The number of aromatic nitrogens is 2. The van der Waals surface area contributed by atoms with Gasteiger partial charge in [0, 0.05) is 26.7 Å². The maximum absolute atomic E-state index is 10.9. The van der Waals surface area contributed by atoms with Crippen LogP contribution < -0.4 is 4.74 Å². The molecule has 1 aromatic carbocycles. The van der Waals surface area contributed by atoms with Crippen molar-refractivity contribution in [1.29, 1.82) is 0 Å². The number of carbonyl (C=O) groups is 1. The lowest BCUT2D eigenvalue weighted by Gasteiger charge is -2.17. The summed E-state index contributed by atoms with van der Waals surface area (Å²) in [6.07, 6.45) is 2.16. The van der Waals surface area contributed by atoms with Crippen LogP contribution in [0.5, 0.6) is 5.75 Å². The molecule has 142 valence electrons. The van der Waals surface area contributed by atoms with Crippen LogP contribution in [0.4, 0.5) is 0 Å². The number of hydrogen-bond acceptors (Lipinski definition) is 4. The van der Waals surface area contributed by atoms with Crippen molar-refractivity contribution in [1.82, 2.24) is 9.55 Å². The fourth-order valence-electron chi connectivity index (χ4n) is 2.58. The van der Waals surface area contributed by atoms with Gasteiger partial charge in [-0.1, -0.05) is 31.8 Å². The molecular formula is C19H28N2O4Si. The largest absolute Gasteiger partial charge is 0.496 e. The minimum Gasteiger partial charge on any atom is -0.496 e. The van der Waals surface area contributed by atoms with E-state index in [-0.39, 0.29) is 6.42 Å². The van der Waals surface area contributed by atoms with Crippen LogP contribution in [0.25, 0.3) is 11.3 Å². The molecule has 0 aliphatic carbocycles. The summed E-state index contributed by atoms with van der Waals surface area (Å²) in [4.78, 5) is 15.4. The molecule has 0 unspecified atom stereocenters. The lowest BCUT2D eigenvalue weighted by Crippen LogP contribution is -2.22. The van der Waals surface area contributed by atoms with Gasteiger partial charge < -0.3 is 19.1 Å². The number of rotatable bonds is 10. The van der Waals surface area contributed by atoms with Gasteiger partial charge in [-0.2, -0.15) is 0 Å². The molecule has 0 aliphatic rings. The molecule has 0 amide bonds. The summed E-state index contributed by atoms with van der Waals surface area (Å²) in [6, 6.07) is 8.80. The summed E-state index contributed by atoms with van der Waals surface area (Å²) in [5, 5.41) is 8.99. The molecule has 0 fully saturated rings. The lowest BCUT2D eigenvalue weighted by atomic mass is 10.1. The smallest absolute Gasteiger partial charge is 0.303 e. The molecule has 26 heavy (non-hydrogen) atoms. The molecule has 0 spiro atoms. The number of nitrogens with zero attached hydrogens (tertiary/aromatic N) is 2. The third kappa shape index (κ3) is 5.71. The van der Waals surface area contributed by atoms with E-state index in [1.807, 2.05) is 28.8 Å². The highest BCUT2D eigenvalue weighted by Gasteiger charge is 2.17. The van der Waals surface area contributed by atoms with Crippen LogP contribution in [0.15, 0.2) is 30.5 Å². The summed E-state index contributed by atoms with van der Waals surface area (Å²) in [5.74, 6) is 0.625. The molecule has 1 heterocycles. The first-order chi connectivity index (χ1) is 12.3. The van der Waals surface area contributed by atoms with Crippen molar-refractivity contribution in [3.63, 3.8) is 0 Å². The van der Waals surface area contributed by atoms with E-state index in [1.54, 1.807) is 13.3 Å². The maximum Gasteiger partial charge on any atom is 0.303 e. The SMILES string of the molecule is COc1ccccc1-c1cnc(CCC(=O)O)n1COCC[Si](C)(C)C. The average molecular weight is 377 g/mol. The monoisotopic (exact) mass is 376 g/mol. The Morgan fingerprint density at radius 1 is 1.27 bits per heavy atom. The lowest BCUT2D eigenvalue weighted by molar-refractivity contribution is -0.137. The summed E-state index contributed by atoms with van der Waals surface area (Å²) in [5.41, 5.74) is 1.79. The Bertz CT molecular complexity index is 737. The number of benzene rings is 1. The summed E-state index contributed by atoms with van der Waals surface area (Å²) in [6.45, 7) is 7.98. The number of carboxylic acids is 1. The second-order valence-electron chi connectivity index (χ2n) is 7.43. The Morgan fingerprint density at radius 2 is 2.00 bits per heavy atom. The van der Waals surface area contributed by atoms with Gasteiger partial charge in [-0.15, -0.1) is 0 Å². The highest BCUT2D eigenvalue weighted by atomic mass is 28.3. The maximum atomic E-state index is 10.9. The average Bonchev–Trinajstić information content (AvgIpc) is 2.98. The topological polar surface area (TPSA) is 73.6 Å². The normalized spacial score (nSPS) is 11.5. The van der Waals surface area contributed by atoms with E-state index in [1.165, 1.54) is 0 Å². The number of hydrogen-bond donors (Lipinski definition) is 1. The summed E-state index contributed by atoms with van der Waals surface area (Å²) in [7, 11) is 0.471. The third-order valence-electron chi connectivity index (χ3n) is 4.10. The fourth-order valence-corrected chi connectivity index (χ4v) is 3.34. The molecule has 2 rings (SSSR count). The first-order valence-corrected chi connectivity index (χ1v) is 12.5. The predicted molar refractivity (Wildman–Crippen MR) is 104 cm³/mol. The van der Waals surface area contributed by atoms with Gasteiger partial charge in [0.1, 0.15) is 18.3 Å². The molecule has 7 heteroatoms. The number of methoxy groups -OCH3 is 1. The van der Waals surface area contributed by atoms with Crippen LogP contribution in [-0.4, -0.2) is 42.4 Å². The van der Waals surface area contributed by atoms with Crippen molar-refractivity contribution in [3.8, 4) is 17.0 Å². The fraction of sp³-hybridized carbons (Fsp3) is 0.474. The Kier molecular flexibility index (Phi) is 6.99. The van der Waals surface area contributed by atoms with Crippen LogP contribution in [0.2, 0.25) is 25.7 Å². The van der Waals surface area contributed by atoms with Crippen molar-refractivity contribution in [3.05, 3.63) is 36.3 Å². The van der Waals surface area contributed by atoms with Crippen molar-refractivity contribution >= 4 is 14.0 Å². The number of aliphatic carboxylic acids is 1. The molecule has 6 nitrogen and oxygen atoms in total. The van der Waals surface area contributed by atoms with E-state index in [0.717, 1.165) is 23.1 Å². The number of imidazole rings is 1. The van der Waals surface area contributed by atoms with Gasteiger partial charge in [-0.05, 0) is 18.2 Å². The summed E-state index contributed by atoms with van der Waals surface area (Å²) < 4.78 is 13.3. The number of para-hydroxylation sites is 1. The minimum atomic E-state index is -1.16. The van der Waals surface area contributed by atoms with E-state index in [9.17, 15) is 4.79 Å². The molecule has 1 N–H and O–H groups in total. The zero-order chi connectivity index (χ0) is 19.2. The summed E-state index contributed by atoms with van der Waals surface area (Å²) >= 11 is 0. The highest BCUT2D eigenvalue weighted by Crippen LogP contribution is 2.30. The Hall–Kier alpha value is -2.12. The number of ether oxygens (including phenoxy) is 2. The minimum absolute atomic E-state index is 0.0390. The Labute approximate surface area is 155 Å². The third-order valence-corrected chi connectivity index (χ3v) is 5.80. The predicted octanol–water partition coefficient (Wildman–Crippen LogP) is 3.89. The quantitative estimate of drug-likeness (QED) is 0.503. The van der Waals surface area contributed by atoms with Gasteiger partial charge in [0.25, 0.3) is 0 Å². The molecule has 1 aromatic heterocycles. The van der Waals surface area contributed by atoms with Gasteiger partial charge in [0.05, 0.1) is 25.4 Å². The zero-order valence-electron chi connectivity index (χ0n) is 16.0. The second-order valence-corrected chi connectivity index (χ2v) is 13.1. The highest BCUT2D eigenvalue weighted by molar-refractivity contribution is 6.76. The van der Waals surface area contributed by atoms with Crippen molar-refractivity contribution in [2.45, 2.75) is 45.3 Å². The Balaban J connectivity index is 2.25. The molecule has 0 aliphatic heterocycles. The van der Waals surface area contributed by atoms with E-state index in [4.69, 9.17) is 14.6 Å². The van der Waals surface area contributed by atoms with Gasteiger partial charge in [-0.3, -0.25) is 4.79 Å². The van der Waals surface area contributed by atoms with Crippen molar-refractivity contribution in [2.24, 2.45) is 0 Å². The van der Waals surface area contributed by atoms with Gasteiger partial charge >= 0.3 is 5.97 Å². The molecule has 0 radical (unpaired) electrons.